The standard InChI is InChI=1S/C11H15N3O2/c1-3-9(13-14-11(12)16)8-4-5-10(15)7(2)6-8/h4-6,15H,3H2,1-2H3,(H3,12,14,16)/b13-9-. The lowest BCUT2D eigenvalue weighted by Crippen LogP contribution is -2.25. The Morgan fingerprint density at radius 1 is 1.56 bits per heavy atom. The number of primary amides is 1. The summed E-state index contributed by atoms with van der Waals surface area (Å²) in [5.74, 6) is 0.238. The maximum absolute atomic E-state index is 10.5. The third kappa shape index (κ3) is 2.98. The molecule has 0 atom stereocenters. The van der Waals surface area contributed by atoms with Crippen LogP contribution < -0.4 is 11.2 Å². The number of hydrogen-bond donors (Lipinski definition) is 3. The first-order valence-electron chi connectivity index (χ1n) is 4.96. The topological polar surface area (TPSA) is 87.7 Å². The maximum atomic E-state index is 10.5. The van der Waals surface area contributed by atoms with Crippen LogP contribution in [0.5, 0.6) is 5.75 Å². The second kappa shape index (κ2) is 5.16. The average Bonchev–Trinajstić information content (AvgIpc) is 2.23. The normalized spacial score (nSPS) is 11.2. The lowest BCUT2D eigenvalue weighted by molar-refractivity contribution is 0.249. The van der Waals surface area contributed by atoms with E-state index in [1.54, 1.807) is 25.1 Å². The number of aryl methyl sites for hydroxylation is 1. The van der Waals surface area contributed by atoms with Gasteiger partial charge in [0.05, 0.1) is 5.71 Å². The summed E-state index contributed by atoms with van der Waals surface area (Å²) >= 11 is 0. The molecule has 4 N–H and O–H groups in total. The molecular weight excluding hydrogens is 206 g/mol. The summed E-state index contributed by atoms with van der Waals surface area (Å²) in [5, 5.41) is 13.3. The molecule has 0 radical (unpaired) electrons. The molecule has 5 nitrogen and oxygen atoms in total. The molecular formula is C11H15N3O2. The summed E-state index contributed by atoms with van der Waals surface area (Å²) in [6, 6.07) is 4.45. The number of urea groups is 1. The molecule has 0 aliphatic carbocycles. The van der Waals surface area contributed by atoms with Crippen molar-refractivity contribution in [2.45, 2.75) is 20.3 Å². The number of nitrogens with two attached hydrogens (primary N) is 1. The average molecular weight is 221 g/mol. The molecule has 0 saturated carbocycles. The Morgan fingerprint density at radius 2 is 2.25 bits per heavy atom. The van der Waals surface area contributed by atoms with Gasteiger partial charge in [-0.3, -0.25) is 0 Å². The van der Waals surface area contributed by atoms with Crippen molar-refractivity contribution in [2.75, 3.05) is 0 Å². The predicted octanol–water partition coefficient (Wildman–Crippen LogP) is 1.48. The highest BCUT2D eigenvalue weighted by Crippen LogP contribution is 2.18. The van der Waals surface area contributed by atoms with Gasteiger partial charge in [-0.25, -0.2) is 10.2 Å². The monoisotopic (exact) mass is 221 g/mol. The van der Waals surface area contributed by atoms with Crippen molar-refractivity contribution in [2.24, 2.45) is 10.8 Å². The van der Waals surface area contributed by atoms with Crippen molar-refractivity contribution >= 4 is 11.7 Å². The van der Waals surface area contributed by atoms with E-state index in [-0.39, 0.29) is 5.75 Å². The Hall–Kier alpha value is -2.04. The van der Waals surface area contributed by atoms with Gasteiger partial charge in [-0.15, -0.1) is 0 Å². The van der Waals surface area contributed by atoms with Crippen molar-refractivity contribution in [1.29, 1.82) is 0 Å². The van der Waals surface area contributed by atoms with Gasteiger partial charge in [-0.2, -0.15) is 5.10 Å². The van der Waals surface area contributed by atoms with Gasteiger partial charge >= 0.3 is 6.03 Å². The van der Waals surface area contributed by atoms with Crippen LogP contribution in [0.25, 0.3) is 0 Å². The number of rotatable bonds is 3. The molecule has 0 spiro atoms. The van der Waals surface area contributed by atoms with Crippen LogP contribution in [0, 0.1) is 6.92 Å². The predicted molar refractivity (Wildman–Crippen MR) is 62.4 cm³/mol. The highest BCUT2D eigenvalue weighted by molar-refractivity contribution is 6.01. The van der Waals surface area contributed by atoms with E-state index >= 15 is 0 Å². The number of phenolic OH excluding ortho intramolecular Hbond substituents is 1. The number of carbonyl (C=O) groups excluding carboxylic acids is 1. The highest BCUT2D eigenvalue weighted by Gasteiger charge is 2.04. The van der Waals surface area contributed by atoms with E-state index in [1.807, 2.05) is 6.92 Å². The van der Waals surface area contributed by atoms with E-state index in [0.29, 0.717) is 12.1 Å². The van der Waals surface area contributed by atoms with Gasteiger partial charge < -0.3 is 10.8 Å². The fourth-order valence-electron chi connectivity index (χ4n) is 1.31. The summed E-state index contributed by atoms with van der Waals surface area (Å²) < 4.78 is 0. The summed E-state index contributed by atoms with van der Waals surface area (Å²) in [5.41, 5.74) is 9.45. The van der Waals surface area contributed by atoms with Gasteiger partial charge in [0.2, 0.25) is 0 Å². The largest absolute Gasteiger partial charge is 0.508 e. The molecule has 5 heteroatoms. The SMILES string of the molecule is CC/C(=N/NC(N)=O)c1ccc(O)c(C)c1. The molecule has 86 valence electrons. The van der Waals surface area contributed by atoms with Crippen LogP contribution in [-0.4, -0.2) is 16.8 Å². The van der Waals surface area contributed by atoms with Gasteiger partial charge in [0.1, 0.15) is 5.75 Å². The molecule has 0 aliphatic rings. The molecule has 1 aromatic carbocycles. The third-order valence-corrected chi connectivity index (χ3v) is 2.17. The number of amides is 2. The van der Waals surface area contributed by atoms with E-state index in [9.17, 15) is 9.90 Å². The van der Waals surface area contributed by atoms with Crippen molar-refractivity contribution in [1.82, 2.24) is 5.43 Å². The van der Waals surface area contributed by atoms with Crippen LogP contribution in [0.4, 0.5) is 4.79 Å². The van der Waals surface area contributed by atoms with Crippen LogP contribution in [0.15, 0.2) is 23.3 Å². The van der Waals surface area contributed by atoms with E-state index < -0.39 is 6.03 Å². The van der Waals surface area contributed by atoms with E-state index in [4.69, 9.17) is 5.73 Å². The third-order valence-electron chi connectivity index (χ3n) is 2.17. The lowest BCUT2D eigenvalue weighted by atomic mass is 10.1. The summed E-state index contributed by atoms with van der Waals surface area (Å²) in [6.07, 6.45) is 0.657. The second-order valence-electron chi connectivity index (χ2n) is 3.39. The summed E-state index contributed by atoms with van der Waals surface area (Å²) in [6.45, 7) is 3.72. The minimum Gasteiger partial charge on any atom is -0.508 e. The summed E-state index contributed by atoms with van der Waals surface area (Å²) in [7, 11) is 0. The van der Waals surface area contributed by atoms with Crippen molar-refractivity contribution < 1.29 is 9.90 Å². The van der Waals surface area contributed by atoms with E-state index in [1.165, 1.54) is 0 Å². The molecule has 16 heavy (non-hydrogen) atoms. The Labute approximate surface area is 94.0 Å². The minimum absolute atomic E-state index is 0.238. The number of nitrogens with one attached hydrogen (secondary N) is 1. The van der Waals surface area contributed by atoms with Gasteiger partial charge in [0.25, 0.3) is 0 Å². The van der Waals surface area contributed by atoms with Crippen LogP contribution in [-0.2, 0) is 0 Å². The molecule has 0 saturated heterocycles. The Balaban J connectivity index is 2.99. The van der Waals surface area contributed by atoms with Crippen molar-refractivity contribution in [3.05, 3.63) is 29.3 Å². The molecule has 2 amide bonds. The molecule has 0 aliphatic heterocycles. The van der Waals surface area contributed by atoms with Gasteiger partial charge in [0, 0.05) is 0 Å². The highest BCUT2D eigenvalue weighted by atomic mass is 16.3. The van der Waals surface area contributed by atoms with E-state index in [0.717, 1.165) is 11.1 Å². The zero-order valence-electron chi connectivity index (χ0n) is 9.32. The van der Waals surface area contributed by atoms with Crippen LogP contribution in [0.1, 0.15) is 24.5 Å². The molecule has 0 aromatic heterocycles. The quantitative estimate of drug-likeness (QED) is 0.533. The molecule has 0 bridgehead atoms. The number of aromatic hydroxyl groups is 1. The number of carbonyl (C=O) groups is 1. The van der Waals surface area contributed by atoms with Crippen molar-refractivity contribution in [3.8, 4) is 5.75 Å². The minimum atomic E-state index is -0.693. The Morgan fingerprint density at radius 3 is 2.75 bits per heavy atom. The number of hydrazone groups is 1. The first-order valence-corrected chi connectivity index (χ1v) is 4.96. The van der Waals surface area contributed by atoms with Gasteiger partial charge in [0.15, 0.2) is 0 Å². The zero-order valence-corrected chi connectivity index (χ0v) is 9.32. The maximum Gasteiger partial charge on any atom is 0.332 e. The first-order chi connectivity index (χ1) is 7.54. The van der Waals surface area contributed by atoms with Crippen LogP contribution in [0.3, 0.4) is 0 Å². The Kier molecular flexibility index (Phi) is 3.88. The first kappa shape index (κ1) is 12.0. The number of benzene rings is 1. The Bertz CT molecular complexity index is 427. The molecule has 1 rings (SSSR count). The van der Waals surface area contributed by atoms with Gasteiger partial charge in [-0.05, 0) is 42.7 Å². The van der Waals surface area contributed by atoms with Crippen molar-refractivity contribution in [3.63, 3.8) is 0 Å². The number of hydrogen-bond acceptors (Lipinski definition) is 3. The number of phenols is 1. The smallest absolute Gasteiger partial charge is 0.332 e. The second-order valence-corrected chi connectivity index (χ2v) is 3.39. The van der Waals surface area contributed by atoms with E-state index in [2.05, 4.69) is 10.5 Å². The van der Waals surface area contributed by atoms with Crippen LogP contribution >= 0.6 is 0 Å². The molecule has 0 unspecified atom stereocenters. The number of nitrogens with zero attached hydrogens (tertiary/aromatic N) is 1. The zero-order chi connectivity index (χ0) is 12.1. The fourth-order valence-corrected chi connectivity index (χ4v) is 1.31. The molecule has 0 heterocycles. The van der Waals surface area contributed by atoms with Crippen LogP contribution in [0.2, 0.25) is 0 Å². The lowest BCUT2D eigenvalue weighted by Gasteiger charge is -2.06. The molecule has 1 aromatic rings. The van der Waals surface area contributed by atoms with Gasteiger partial charge in [-0.1, -0.05) is 6.92 Å². The fraction of sp³-hybridized carbons (Fsp3) is 0.273. The summed E-state index contributed by atoms with van der Waals surface area (Å²) in [4.78, 5) is 10.5. The molecule has 0 fully saturated rings.